The number of methoxy groups -OCH3 is 1. The van der Waals surface area contributed by atoms with Crippen LogP contribution in [0.2, 0.25) is 0 Å². The van der Waals surface area contributed by atoms with Gasteiger partial charge in [0, 0.05) is 18.7 Å². The molecule has 8 nitrogen and oxygen atoms in total. The first-order valence-corrected chi connectivity index (χ1v) is 9.74. The lowest BCUT2D eigenvalue weighted by molar-refractivity contribution is -0.117. The first-order valence-electron chi connectivity index (χ1n) is 8.63. The number of benzene rings is 1. The van der Waals surface area contributed by atoms with Crippen LogP contribution in [0.15, 0.2) is 18.2 Å². The van der Waals surface area contributed by atoms with Gasteiger partial charge in [-0.2, -0.15) is 0 Å². The van der Waals surface area contributed by atoms with Crippen LogP contribution < -0.4 is 13.8 Å². The van der Waals surface area contributed by atoms with E-state index in [-0.39, 0.29) is 30.1 Å². The van der Waals surface area contributed by atoms with Crippen LogP contribution in [0.4, 0.5) is 14.9 Å². The highest BCUT2D eigenvalue weighted by Crippen LogP contribution is 2.38. The van der Waals surface area contributed by atoms with E-state index in [2.05, 4.69) is 4.72 Å². The normalized spacial score (nSPS) is 19.5. The van der Waals surface area contributed by atoms with E-state index in [9.17, 15) is 13.8 Å². The second-order valence-electron chi connectivity index (χ2n) is 7.38. The van der Waals surface area contributed by atoms with Crippen LogP contribution in [0.3, 0.4) is 0 Å². The van der Waals surface area contributed by atoms with Crippen LogP contribution in [-0.4, -0.2) is 53.5 Å². The van der Waals surface area contributed by atoms with Gasteiger partial charge in [0.15, 0.2) is 5.82 Å². The van der Waals surface area contributed by atoms with Crippen molar-refractivity contribution in [3.05, 3.63) is 29.6 Å². The summed E-state index contributed by atoms with van der Waals surface area (Å²) in [6, 6.07) is 3.08. The Bertz CT molecular complexity index is 881. The molecule has 0 saturated carbocycles. The van der Waals surface area contributed by atoms with E-state index in [0.29, 0.717) is 12.1 Å². The minimum absolute atomic E-state index is 0.0618. The molecule has 0 aliphatic carbocycles. The maximum atomic E-state index is 15.4. The van der Waals surface area contributed by atoms with Crippen molar-refractivity contribution in [1.82, 2.24) is 9.62 Å². The molecule has 2 amide bonds. The largest absolute Gasteiger partial charge is 0.494 e. The fourth-order valence-electron chi connectivity index (χ4n) is 2.94. The molecular formula is C18H22FN3O5S. The number of rotatable bonds is 3. The quantitative estimate of drug-likeness (QED) is 0.822. The molecule has 3 rings (SSSR count). The van der Waals surface area contributed by atoms with Crippen molar-refractivity contribution < 1.29 is 27.7 Å². The van der Waals surface area contributed by atoms with E-state index in [1.54, 1.807) is 32.9 Å². The maximum Gasteiger partial charge on any atom is 0.410 e. The zero-order valence-electron chi connectivity index (χ0n) is 16.1. The van der Waals surface area contributed by atoms with Gasteiger partial charge in [-0.1, -0.05) is 6.08 Å². The molecule has 152 valence electrons. The van der Waals surface area contributed by atoms with E-state index in [1.165, 1.54) is 18.1 Å². The summed E-state index contributed by atoms with van der Waals surface area (Å²) in [5.41, 5.74) is 0.153. The Balaban J connectivity index is 1.88. The molecule has 2 aliphatic rings. The van der Waals surface area contributed by atoms with E-state index >= 15 is 4.39 Å². The first-order chi connectivity index (χ1) is 13.1. The summed E-state index contributed by atoms with van der Waals surface area (Å²) in [5, 5.41) is 0. The van der Waals surface area contributed by atoms with E-state index < -0.39 is 34.6 Å². The van der Waals surface area contributed by atoms with Gasteiger partial charge in [-0.3, -0.25) is 13.8 Å². The van der Waals surface area contributed by atoms with Gasteiger partial charge < -0.3 is 14.4 Å². The summed E-state index contributed by atoms with van der Waals surface area (Å²) >= 11 is -1.89. The number of halogens is 1. The maximum absolute atomic E-state index is 15.4. The Kier molecular flexibility index (Phi) is 5.33. The Morgan fingerprint density at radius 1 is 1.29 bits per heavy atom. The van der Waals surface area contributed by atoms with Crippen LogP contribution in [-0.2, 0) is 20.7 Å². The minimum Gasteiger partial charge on any atom is -0.494 e. The summed E-state index contributed by atoms with van der Waals surface area (Å²) in [4.78, 5) is 25.2. The SMILES string of the molecule is COc1ccc(C2=CCN(C(=O)OC(C)(C)C)C2)c(F)c1N1CC(=O)NS1=O. The molecule has 10 heteroatoms. The van der Waals surface area contributed by atoms with Gasteiger partial charge in [-0.05, 0) is 38.5 Å². The molecule has 0 bridgehead atoms. The van der Waals surface area contributed by atoms with E-state index in [1.807, 2.05) is 0 Å². The van der Waals surface area contributed by atoms with Gasteiger partial charge in [0.25, 0.3) is 5.91 Å². The van der Waals surface area contributed by atoms with E-state index in [0.717, 1.165) is 4.31 Å². The average molecular weight is 411 g/mol. The monoisotopic (exact) mass is 411 g/mol. The highest BCUT2D eigenvalue weighted by molar-refractivity contribution is 7.85. The van der Waals surface area contributed by atoms with Crippen molar-refractivity contribution >= 4 is 34.4 Å². The highest BCUT2D eigenvalue weighted by atomic mass is 32.2. The van der Waals surface area contributed by atoms with Gasteiger partial charge in [0.2, 0.25) is 11.2 Å². The molecule has 1 unspecified atom stereocenters. The molecule has 28 heavy (non-hydrogen) atoms. The Morgan fingerprint density at radius 3 is 2.57 bits per heavy atom. The molecule has 1 N–H and O–H groups in total. The fourth-order valence-corrected chi connectivity index (χ4v) is 3.88. The van der Waals surface area contributed by atoms with Gasteiger partial charge in [0.1, 0.15) is 23.6 Å². The van der Waals surface area contributed by atoms with Crippen molar-refractivity contribution in [3.63, 3.8) is 0 Å². The molecule has 0 aromatic heterocycles. The van der Waals surface area contributed by atoms with Crippen molar-refractivity contribution in [1.29, 1.82) is 0 Å². The number of anilines is 1. The lowest BCUT2D eigenvalue weighted by Crippen LogP contribution is -2.35. The van der Waals surface area contributed by atoms with Crippen molar-refractivity contribution in [2.45, 2.75) is 26.4 Å². The van der Waals surface area contributed by atoms with Gasteiger partial charge >= 0.3 is 6.09 Å². The molecule has 1 atom stereocenters. The number of nitrogens with one attached hydrogen (secondary N) is 1. The number of nitrogens with zero attached hydrogens (tertiary/aromatic N) is 2. The number of ether oxygens (including phenoxy) is 2. The second kappa shape index (κ2) is 7.42. The zero-order chi connectivity index (χ0) is 20.6. The number of hydrogen-bond acceptors (Lipinski definition) is 5. The standard InChI is InChI=1S/C18H22FN3O5S/c1-18(2,3)27-17(24)21-8-7-11(9-21)12-5-6-13(26-4)16(15(12)19)22-10-14(23)20-28(22)25/h5-7H,8-10H2,1-4H3,(H,20,23). The molecule has 1 aromatic carbocycles. The molecule has 0 radical (unpaired) electrons. The van der Waals surface area contributed by atoms with Gasteiger partial charge in [0.05, 0.1) is 7.11 Å². The number of hydrogen-bond donors (Lipinski definition) is 1. The molecule has 1 fully saturated rings. The molecule has 2 aliphatic heterocycles. The number of carbonyl (C=O) groups excluding carboxylic acids is 2. The summed E-state index contributed by atoms with van der Waals surface area (Å²) in [6.07, 6.45) is 1.26. The predicted octanol–water partition coefficient (Wildman–Crippen LogP) is 1.98. The van der Waals surface area contributed by atoms with Crippen LogP contribution >= 0.6 is 0 Å². The van der Waals surface area contributed by atoms with Crippen LogP contribution in [0.1, 0.15) is 26.3 Å². The molecular weight excluding hydrogens is 389 g/mol. The van der Waals surface area contributed by atoms with Crippen molar-refractivity contribution in [2.75, 3.05) is 31.0 Å². The smallest absolute Gasteiger partial charge is 0.410 e. The average Bonchev–Trinajstić information content (AvgIpc) is 3.19. The molecule has 1 saturated heterocycles. The molecule has 2 heterocycles. The Morgan fingerprint density at radius 2 is 2.00 bits per heavy atom. The summed E-state index contributed by atoms with van der Waals surface area (Å²) in [7, 11) is 1.37. The Hall–Kier alpha value is -2.62. The first kappa shape index (κ1) is 20.1. The van der Waals surface area contributed by atoms with Crippen LogP contribution in [0, 0.1) is 5.82 Å². The highest BCUT2D eigenvalue weighted by Gasteiger charge is 2.34. The van der Waals surface area contributed by atoms with Crippen molar-refractivity contribution in [2.24, 2.45) is 0 Å². The third-order valence-corrected chi connectivity index (χ3v) is 5.27. The zero-order valence-corrected chi connectivity index (χ0v) is 16.9. The van der Waals surface area contributed by atoms with Gasteiger partial charge in [-0.15, -0.1) is 0 Å². The lowest BCUT2D eigenvalue weighted by Gasteiger charge is -2.24. The summed E-state index contributed by atoms with van der Waals surface area (Å²) in [6.45, 7) is 5.55. The second-order valence-corrected chi connectivity index (χ2v) is 8.52. The number of amides is 2. The van der Waals surface area contributed by atoms with E-state index in [4.69, 9.17) is 9.47 Å². The van der Waals surface area contributed by atoms with Crippen LogP contribution in [0.5, 0.6) is 5.75 Å². The molecule has 1 aromatic rings. The van der Waals surface area contributed by atoms with Crippen LogP contribution in [0.25, 0.3) is 5.57 Å². The minimum atomic E-state index is -1.89. The molecule has 0 spiro atoms. The van der Waals surface area contributed by atoms with Crippen molar-refractivity contribution in [3.8, 4) is 5.75 Å². The third kappa shape index (κ3) is 3.96. The third-order valence-electron chi connectivity index (χ3n) is 4.15. The topological polar surface area (TPSA) is 88.2 Å². The van der Waals surface area contributed by atoms with Gasteiger partial charge in [-0.25, -0.2) is 13.4 Å². The summed E-state index contributed by atoms with van der Waals surface area (Å²) in [5.74, 6) is -0.975. The fraction of sp³-hybridized carbons (Fsp3) is 0.444. The summed E-state index contributed by atoms with van der Waals surface area (Å²) < 4.78 is 41.3. The predicted molar refractivity (Wildman–Crippen MR) is 102 cm³/mol. The Labute approximate surface area is 165 Å². The lowest BCUT2D eigenvalue weighted by atomic mass is 10.0. The number of carbonyl (C=O) groups is 2.